The van der Waals surface area contributed by atoms with Crippen molar-refractivity contribution in [1.82, 2.24) is 9.80 Å². The second kappa shape index (κ2) is 5.41. The molecular formula is C9H17N3O. The van der Waals surface area contributed by atoms with E-state index in [4.69, 9.17) is 5.26 Å². The normalized spacial score (nSPS) is 21.8. The number of amides is 1. The van der Waals surface area contributed by atoms with Gasteiger partial charge in [-0.2, -0.15) is 5.26 Å². The first-order valence-electron chi connectivity index (χ1n) is 4.55. The topological polar surface area (TPSA) is 47.3 Å². The van der Waals surface area contributed by atoms with E-state index in [1.54, 1.807) is 11.9 Å². The van der Waals surface area contributed by atoms with Gasteiger partial charge in [0.05, 0.1) is 6.04 Å². The molecule has 0 N–H and O–H groups in total. The van der Waals surface area contributed by atoms with Gasteiger partial charge in [0, 0.05) is 13.6 Å². The van der Waals surface area contributed by atoms with Crippen molar-refractivity contribution in [2.45, 2.75) is 26.8 Å². The maximum absolute atomic E-state index is 11.0. The van der Waals surface area contributed by atoms with Crippen molar-refractivity contribution in [3.05, 3.63) is 0 Å². The van der Waals surface area contributed by atoms with Crippen LogP contribution in [0.2, 0.25) is 0 Å². The van der Waals surface area contributed by atoms with Gasteiger partial charge in [0.15, 0.2) is 6.19 Å². The summed E-state index contributed by atoms with van der Waals surface area (Å²) in [6.07, 6.45) is 1.99. The van der Waals surface area contributed by atoms with Gasteiger partial charge in [-0.3, -0.25) is 9.69 Å². The molecule has 0 spiro atoms. The summed E-state index contributed by atoms with van der Waals surface area (Å²) in [6.45, 7) is 6.81. The average molecular weight is 183 g/mol. The molecule has 1 rings (SSSR count). The molecule has 4 nitrogen and oxygen atoms in total. The summed E-state index contributed by atoms with van der Waals surface area (Å²) < 4.78 is 0. The first-order chi connectivity index (χ1) is 6.15. The van der Waals surface area contributed by atoms with Crippen LogP contribution in [0.3, 0.4) is 0 Å². The molecule has 0 aromatic rings. The zero-order valence-corrected chi connectivity index (χ0v) is 8.74. The Labute approximate surface area is 79.7 Å². The summed E-state index contributed by atoms with van der Waals surface area (Å²) >= 11 is 0. The van der Waals surface area contributed by atoms with Crippen LogP contribution in [0.4, 0.5) is 0 Å². The number of rotatable bonds is 0. The number of hydrogen-bond acceptors (Lipinski definition) is 3. The number of likely N-dealkylation sites (N-methyl/N-ethyl adjacent to an activating group) is 1. The number of piperazine rings is 1. The highest BCUT2D eigenvalue weighted by Gasteiger charge is 2.25. The van der Waals surface area contributed by atoms with Gasteiger partial charge in [-0.05, 0) is 6.92 Å². The summed E-state index contributed by atoms with van der Waals surface area (Å²) in [5, 5.41) is 8.57. The van der Waals surface area contributed by atoms with Crippen LogP contribution in [-0.4, -0.2) is 41.9 Å². The van der Waals surface area contributed by atoms with Gasteiger partial charge < -0.3 is 4.90 Å². The lowest BCUT2D eigenvalue weighted by molar-refractivity contribution is -0.134. The number of hydrogen-bond donors (Lipinski definition) is 0. The summed E-state index contributed by atoms with van der Waals surface area (Å²) in [7, 11) is 1.76. The number of nitrogens with zero attached hydrogens (tertiary/aromatic N) is 3. The third-order valence-electron chi connectivity index (χ3n) is 1.93. The van der Waals surface area contributed by atoms with Crippen molar-refractivity contribution in [2.75, 3.05) is 20.1 Å². The Hall–Kier alpha value is -1.24. The highest BCUT2D eigenvalue weighted by atomic mass is 16.2. The lowest BCUT2D eigenvalue weighted by Gasteiger charge is -2.33. The van der Waals surface area contributed by atoms with Gasteiger partial charge in [0.25, 0.3) is 0 Å². The molecular weight excluding hydrogens is 166 g/mol. The van der Waals surface area contributed by atoms with E-state index in [9.17, 15) is 4.79 Å². The summed E-state index contributed by atoms with van der Waals surface area (Å²) in [6, 6.07) is 0.155. The van der Waals surface area contributed by atoms with Gasteiger partial charge in [0.1, 0.15) is 6.54 Å². The maximum Gasteiger partial charge on any atom is 0.242 e. The molecule has 1 saturated heterocycles. The molecule has 1 aliphatic rings. The van der Waals surface area contributed by atoms with E-state index in [1.807, 2.05) is 27.0 Å². The van der Waals surface area contributed by atoms with E-state index in [0.717, 1.165) is 0 Å². The fourth-order valence-electron chi connectivity index (χ4n) is 1.15. The fraction of sp³-hybridized carbons (Fsp3) is 0.778. The predicted molar refractivity (Wildman–Crippen MR) is 50.8 cm³/mol. The van der Waals surface area contributed by atoms with Gasteiger partial charge in [-0.15, -0.1) is 0 Å². The second-order valence-corrected chi connectivity index (χ2v) is 2.85. The Balaban J connectivity index is 0.000000671. The molecule has 0 radical (unpaired) electrons. The van der Waals surface area contributed by atoms with Gasteiger partial charge >= 0.3 is 0 Å². The minimum atomic E-state index is 0.0182. The van der Waals surface area contributed by atoms with Crippen LogP contribution in [0.1, 0.15) is 20.8 Å². The quantitative estimate of drug-likeness (QED) is 0.518. The van der Waals surface area contributed by atoms with Gasteiger partial charge in [-0.25, -0.2) is 0 Å². The van der Waals surface area contributed by atoms with E-state index in [2.05, 4.69) is 0 Å². The third kappa shape index (κ3) is 2.94. The minimum absolute atomic E-state index is 0.0182. The molecule has 0 aromatic heterocycles. The lowest BCUT2D eigenvalue weighted by atomic mass is 10.2. The molecule has 0 aromatic carbocycles. The largest absolute Gasteiger partial charge is 0.342 e. The molecule has 1 atom stereocenters. The minimum Gasteiger partial charge on any atom is -0.342 e. The summed E-state index contributed by atoms with van der Waals surface area (Å²) in [4.78, 5) is 14.2. The van der Waals surface area contributed by atoms with E-state index in [1.165, 1.54) is 4.90 Å². The third-order valence-corrected chi connectivity index (χ3v) is 1.93. The molecule has 0 aliphatic carbocycles. The van der Waals surface area contributed by atoms with Crippen LogP contribution in [0.25, 0.3) is 0 Å². The van der Waals surface area contributed by atoms with E-state index in [-0.39, 0.29) is 18.5 Å². The van der Waals surface area contributed by atoms with Crippen LogP contribution in [0.5, 0.6) is 0 Å². The predicted octanol–water partition coefficient (Wildman–Crippen LogP) is 0.656. The van der Waals surface area contributed by atoms with Crippen molar-refractivity contribution in [3.8, 4) is 6.19 Å². The molecule has 1 heterocycles. The van der Waals surface area contributed by atoms with E-state index in [0.29, 0.717) is 6.54 Å². The first kappa shape index (κ1) is 11.8. The molecule has 4 heteroatoms. The van der Waals surface area contributed by atoms with Crippen LogP contribution in [-0.2, 0) is 4.79 Å². The molecule has 1 unspecified atom stereocenters. The smallest absolute Gasteiger partial charge is 0.242 e. The molecule has 1 amide bonds. The highest BCUT2D eigenvalue weighted by Crippen LogP contribution is 2.06. The first-order valence-corrected chi connectivity index (χ1v) is 4.55. The van der Waals surface area contributed by atoms with Crippen molar-refractivity contribution in [2.24, 2.45) is 0 Å². The van der Waals surface area contributed by atoms with Gasteiger partial charge in [-0.1, -0.05) is 13.8 Å². The molecule has 1 aliphatic heterocycles. The molecule has 0 saturated carbocycles. The van der Waals surface area contributed by atoms with E-state index >= 15 is 0 Å². The van der Waals surface area contributed by atoms with Crippen LogP contribution < -0.4 is 0 Å². The highest BCUT2D eigenvalue weighted by molar-refractivity contribution is 5.79. The zero-order valence-electron chi connectivity index (χ0n) is 8.74. The lowest BCUT2D eigenvalue weighted by Crippen LogP contribution is -2.51. The molecule has 0 bridgehead atoms. The fourth-order valence-corrected chi connectivity index (χ4v) is 1.15. The number of carbonyl (C=O) groups is 1. The van der Waals surface area contributed by atoms with Crippen LogP contribution >= 0.6 is 0 Å². The zero-order chi connectivity index (χ0) is 10.4. The summed E-state index contributed by atoms with van der Waals surface area (Å²) in [5.41, 5.74) is 0. The van der Waals surface area contributed by atoms with Crippen LogP contribution in [0, 0.1) is 11.5 Å². The summed E-state index contributed by atoms with van der Waals surface area (Å²) in [5.74, 6) is 0.0182. The molecule has 74 valence electrons. The van der Waals surface area contributed by atoms with E-state index < -0.39 is 0 Å². The Kier molecular flexibility index (Phi) is 4.90. The second-order valence-electron chi connectivity index (χ2n) is 2.85. The van der Waals surface area contributed by atoms with Crippen LogP contribution in [0.15, 0.2) is 0 Å². The molecule has 13 heavy (non-hydrogen) atoms. The SMILES string of the molecule is CC.CC1CN(C)C(=O)CN1C#N. The van der Waals surface area contributed by atoms with Crippen molar-refractivity contribution >= 4 is 5.91 Å². The number of nitriles is 1. The monoisotopic (exact) mass is 183 g/mol. The Morgan fingerprint density at radius 1 is 1.54 bits per heavy atom. The standard InChI is InChI=1S/C7H11N3O.C2H6/c1-6-3-9(2)7(11)4-10(6)5-8;1-2/h6H,3-4H2,1-2H3;1-2H3. The Morgan fingerprint density at radius 2 is 2.08 bits per heavy atom. The Morgan fingerprint density at radius 3 is 2.54 bits per heavy atom. The van der Waals surface area contributed by atoms with Crippen molar-refractivity contribution in [3.63, 3.8) is 0 Å². The maximum atomic E-state index is 11.0. The Bertz CT molecular complexity index is 209. The molecule has 1 fully saturated rings. The average Bonchev–Trinajstić information content (AvgIpc) is 2.15. The van der Waals surface area contributed by atoms with Crippen molar-refractivity contribution < 1.29 is 4.79 Å². The van der Waals surface area contributed by atoms with Gasteiger partial charge in [0.2, 0.25) is 5.91 Å². The number of carbonyl (C=O) groups excluding carboxylic acids is 1. The van der Waals surface area contributed by atoms with Crippen molar-refractivity contribution in [1.29, 1.82) is 5.26 Å².